The van der Waals surface area contributed by atoms with Crippen molar-refractivity contribution in [3.05, 3.63) is 28.8 Å². The monoisotopic (exact) mass is 365 g/mol. The zero-order chi connectivity index (χ0) is 18.6. The number of ketones is 1. The Bertz CT molecular complexity index is 743. The molecule has 1 aliphatic rings. The van der Waals surface area contributed by atoms with Gasteiger partial charge in [-0.05, 0) is 45.4 Å². The molecule has 0 bridgehead atoms. The van der Waals surface area contributed by atoms with Crippen molar-refractivity contribution < 1.29 is 23.9 Å². The number of Topliss-reactive ketones (excluding diaryl/α,β-unsaturated/α-hetero) is 1. The highest BCUT2D eigenvalue weighted by atomic mass is 35.5. The lowest BCUT2D eigenvalue weighted by atomic mass is 9.73. The van der Waals surface area contributed by atoms with Gasteiger partial charge in [0.05, 0.1) is 18.9 Å². The van der Waals surface area contributed by atoms with Gasteiger partial charge in [0, 0.05) is 17.0 Å². The molecule has 1 aliphatic heterocycles. The van der Waals surface area contributed by atoms with Gasteiger partial charge in [0.15, 0.2) is 0 Å². The average molecular weight is 366 g/mol. The number of nitrogens with zero attached hydrogens (tertiary/aromatic N) is 1. The Morgan fingerprint density at radius 2 is 1.84 bits per heavy atom. The van der Waals surface area contributed by atoms with Gasteiger partial charge in [-0.15, -0.1) is 0 Å². The van der Waals surface area contributed by atoms with Crippen LogP contribution in [0.4, 0.5) is 5.69 Å². The number of carbonyl (C=O) groups excluding carboxylic acids is 3. The molecule has 1 heterocycles. The number of esters is 2. The molecule has 2 rings (SSSR count). The zero-order valence-corrected chi connectivity index (χ0v) is 15.2. The Morgan fingerprint density at radius 3 is 2.44 bits per heavy atom. The number of hydrogen-bond acceptors (Lipinski definition) is 6. The van der Waals surface area contributed by atoms with Crippen LogP contribution in [0.1, 0.15) is 39.2 Å². The third kappa shape index (κ3) is 3.58. The number of carbonyl (C=O) groups is 3. The predicted molar refractivity (Wildman–Crippen MR) is 93.4 cm³/mol. The smallest absolute Gasteiger partial charge is 0.354 e. The number of aliphatic imine (C=N–C) groups is 1. The Hall–Kier alpha value is -2.21. The van der Waals surface area contributed by atoms with E-state index in [2.05, 4.69) is 4.99 Å². The summed E-state index contributed by atoms with van der Waals surface area (Å²) in [5, 5.41) is 0.399. The quantitative estimate of drug-likeness (QED) is 0.693. The molecule has 0 saturated carbocycles. The van der Waals surface area contributed by atoms with E-state index in [1.165, 1.54) is 6.92 Å². The average Bonchev–Trinajstić information content (AvgIpc) is 2.88. The molecule has 1 unspecified atom stereocenters. The fraction of sp³-hybridized carbons (Fsp3) is 0.444. The molecule has 0 aliphatic carbocycles. The minimum Gasteiger partial charge on any atom is -0.465 e. The molecule has 0 aromatic heterocycles. The first-order chi connectivity index (χ1) is 11.9. The summed E-state index contributed by atoms with van der Waals surface area (Å²) < 4.78 is 10.3. The molecule has 0 amide bonds. The van der Waals surface area contributed by atoms with Crippen molar-refractivity contribution in [2.45, 2.75) is 39.0 Å². The van der Waals surface area contributed by atoms with Crippen LogP contribution in [-0.4, -0.2) is 36.6 Å². The van der Waals surface area contributed by atoms with E-state index < -0.39 is 17.4 Å². The summed E-state index contributed by atoms with van der Waals surface area (Å²) >= 11 is 6.10. The summed E-state index contributed by atoms with van der Waals surface area (Å²) in [7, 11) is 0. The highest BCUT2D eigenvalue weighted by Gasteiger charge is 2.54. The van der Waals surface area contributed by atoms with E-state index in [4.69, 9.17) is 21.1 Å². The lowest BCUT2D eigenvalue weighted by molar-refractivity contribution is -0.149. The minimum atomic E-state index is -1.49. The van der Waals surface area contributed by atoms with Crippen LogP contribution in [0.3, 0.4) is 0 Å². The normalized spacial score (nSPS) is 18.3. The van der Waals surface area contributed by atoms with E-state index in [1.54, 1.807) is 32.0 Å². The van der Waals surface area contributed by atoms with E-state index in [0.29, 0.717) is 16.3 Å². The van der Waals surface area contributed by atoms with Gasteiger partial charge in [-0.2, -0.15) is 0 Å². The minimum absolute atomic E-state index is 0.0617. The summed E-state index contributed by atoms with van der Waals surface area (Å²) in [5.41, 5.74) is -0.646. The molecule has 0 fully saturated rings. The Kier molecular flexibility index (Phi) is 5.95. The number of ether oxygens (including phenoxy) is 2. The Labute approximate surface area is 151 Å². The highest BCUT2D eigenvalue weighted by molar-refractivity contribution is 6.46. The van der Waals surface area contributed by atoms with Crippen molar-refractivity contribution >= 4 is 40.7 Å². The van der Waals surface area contributed by atoms with Crippen molar-refractivity contribution in [1.29, 1.82) is 0 Å². The van der Waals surface area contributed by atoms with Crippen molar-refractivity contribution in [3.63, 3.8) is 0 Å². The summed E-state index contributed by atoms with van der Waals surface area (Å²) in [5.74, 6) is -1.45. The number of benzene rings is 1. The lowest BCUT2D eigenvalue weighted by Gasteiger charge is -2.28. The molecule has 0 radical (unpaired) electrons. The standard InChI is InChI=1S/C18H20ClNO5/c1-4-24-16(22)15-18(9-8-11(3)21,17(23)25-5-2)13-10-12(19)6-7-14(13)20-15/h6-7,10H,4-5,8-9H2,1-3H3. The maximum Gasteiger partial charge on any atom is 0.354 e. The molecule has 0 N–H and O–H groups in total. The van der Waals surface area contributed by atoms with Crippen LogP contribution in [0.5, 0.6) is 0 Å². The zero-order valence-electron chi connectivity index (χ0n) is 14.4. The van der Waals surface area contributed by atoms with Crippen LogP contribution in [0.25, 0.3) is 0 Å². The topological polar surface area (TPSA) is 82.0 Å². The molecular formula is C18H20ClNO5. The molecule has 25 heavy (non-hydrogen) atoms. The molecular weight excluding hydrogens is 346 g/mol. The third-order valence-electron chi connectivity index (χ3n) is 4.00. The second-order valence-electron chi connectivity index (χ2n) is 5.67. The van der Waals surface area contributed by atoms with Crippen LogP contribution in [0.2, 0.25) is 5.02 Å². The molecule has 1 aromatic rings. The fourth-order valence-corrected chi connectivity index (χ4v) is 3.06. The SMILES string of the molecule is CCOC(=O)C1=Nc2ccc(Cl)cc2C1(CCC(C)=O)C(=O)OCC. The van der Waals surface area contributed by atoms with E-state index >= 15 is 0 Å². The Morgan fingerprint density at radius 1 is 1.16 bits per heavy atom. The highest BCUT2D eigenvalue weighted by Crippen LogP contribution is 2.45. The molecule has 7 heteroatoms. The van der Waals surface area contributed by atoms with Gasteiger partial charge in [0.25, 0.3) is 0 Å². The first-order valence-electron chi connectivity index (χ1n) is 8.09. The first-order valence-corrected chi connectivity index (χ1v) is 8.47. The maximum atomic E-state index is 12.9. The van der Waals surface area contributed by atoms with E-state index in [1.807, 2.05) is 0 Å². The summed E-state index contributed by atoms with van der Waals surface area (Å²) in [6, 6.07) is 4.84. The second kappa shape index (κ2) is 7.78. The summed E-state index contributed by atoms with van der Waals surface area (Å²) in [6.07, 6.45) is 0.148. The molecule has 0 saturated heterocycles. The molecule has 1 atom stereocenters. The number of halogens is 1. The van der Waals surface area contributed by atoms with Crippen LogP contribution in [0.15, 0.2) is 23.2 Å². The fourth-order valence-electron chi connectivity index (χ4n) is 2.89. The number of rotatable bonds is 7. The first kappa shape index (κ1) is 19.1. The van der Waals surface area contributed by atoms with E-state index in [-0.39, 0.29) is 37.6 Å². The maximum absolute atomic E-state index is 12.9. The predicted octanol–water partition coefficient (Wildman–Crippen LogP) is 3.16. The lowest BCUT2D eigenvalue weighted by Crippen LogP contribution is -2.47. The van der Waals surface area contributed by atoms with Gasteiger partial charge >= 0.3 is 11.9 Å². The van der Waals surface area contributed by atoms with Crippen LogP contribution < -0.4 is 0 Å². The van der Waals surface area contributed by atoms with Gasteiger partial charge in [0.1, 0.15) is 16.9 Å². The Balaban J connectivity index is 2.65. The second-order valence-corrected chi connectivity index (χ2v) is 6.11. The van der Waals surface area contributed by atoms with Gasteiger partial charge in [-0.3, -0.25) is 4.79 Å². The van der Waals surface area contributed by atoms with Gasteiger partial charge in [0.2, 0.25) is 0 Å². The third-order valence-corrected chi connectivity index (χ3v) is 4.23. The van der Waals surface area contributed by atoms with E-state index in [9.17, 15) is 14.4 Å². The van der Waals surface area contributed by atoms with Crippen molar-refractivity contribution in [3.8, 4) is 0 Å². The van der Waals surface area contributed by atoms with Crippen molar-refractivity contribution in [1.82, 2.24) is 0 Å². The van der Waals surface area contributed by atoms with Crippen molar-refractivity contribution in [2.75, 3.05) is 13.2 Å². The number of fused-ring (bicyclic) bond motifs is 1. The summed E-state index contributed by atoms with van der Waals surface area (Å²) in [6.45, 7) is 5.03. The molecule has 1 aromatic carbocycles. The number of hydrogen-bond donors (Lipinski definition) is 0. The van der Waals surface area contributed by atoms with Crippen LogP contribution in [-0.2, 0) is 29.3 Å². The van der Waals surface area contributed by atoms with Crippen molar-refractivity contribution in [2.24, 2.45) is 4.99 Å². The summed E-state index contributed by atoms with van der Waals surface area (Å²) in [4.78, 5) is 41.3. The molecule has 134 valence electrons. The molecule has 6 nitrogen and oxygen atoms in total. The van der Waals surface area contributed by atoms with Crippen LogP contribution in [0, 0.1) is 0 Å². The van der Waals surface area contributed by atoms with Crippen LogP contribution >= 0.6 is 11.6 Å². The van der Waals surface area contributed by atoms with Gasteiger partial charge in [-0.1, -0.05) is 11.6 Å². The van der Waals surface area contributed by atoms with Gasteiger partial charge in [-0.25, -0.2) is 9.79 Å². The molecule has 0 spiro atoms. The van der Waals surface area contributed by atoms with E-state index in [0.717, 1.165) is 0 Å². The largest absolute Gasteiger partial charge is 0.465 e. The van der Waals surface area contributed by atoms with Gasteiger partial charge < -0.3 is 14.3 Å².